The summed E-state index contributed by atoms with van der Waals surface area (Å²) in [6.07, 6.45) is 0. The van der Waals surface area contributed by atoms with Crippen LogP contribution in [0.3, 0.4) is 0 Å². The van der Waals surface area contributed by atoms with E-state index in [0.29, 0.717) is 11.6 Å². The molecule has 3 fully saturated rings. The van der Waals surface area contributed by atoms with E-state index < -0.39 is 7.92 Å². The zero-order chi connectivity index (χ0) is 66.1. The number of rotatable bonds is 12. The first-order valence-corrected chi connectivity index (χ1v) is 35.2. The number of alkyl halides is 5. The zero-order valence-corrected chi connectivity index (χ0v) is 70.3. The summed E-state index contributed by atoms with van der Waals surface area (Å²) in [5.41, 5.74) is 5.23. The van der Waals surface area contributed by atoms with Gasteiger partial charge < -0.3 is 49.3 Å². The molecule has 1 aromatic heterocycles. The number of carbonyl (C=O) groups is 1. The Morgan fingerprint density at radius 1 is 0.565 bits per heavy atom. The number of benzene rings is 7. The standard InChI is InChI=1S/C21H21BN2O3S.C18H15P.C13H18BBrO2.C13H19BO3.CBr4.CH2O3.2K.H/c1-20(2)21(3,4)27-22(26-20)15-7-5-14(6-8-15)13-25-16-9-10-17-18(11-16)28-19(12-23)24-17;1-4-10-16(11-5-1)19(17-12-6-2-7-13-17)18-14-8-3-9-15-18;2*1-12(2)13(3,4)17-14(16-12)11-7-5-10(9-15)6-8-11;2-1(3,4)5;2-1-4-3;;;/h5-11H,13H2,1-4H3;1-15H;5-8H,9H2,1-4H3;5-8,15H,9H2,1-4H3;;1,3H;;;/q;;;;;;2*+1;-1/p-1. The largest absolute Gasteiger partial charge is 1.00 e. The summed E-state index contributed by atoms with van der Waals surface area (Å²) in [4.78, 5) is 15.5. The second-order valence-electron chi connectivity index (χ2n) is 23.8. The number of aromatic nitrogens is 1. The van der Waals surface area contributed by atoms with Crippen LogP contribution in [0.2, 0.25) is 0 Å². The molecule has 0 radical (unpaired) electrons. The molecule has 92 heavy (non-hydrogen) atoms. The Morgan fingerprint density at radius 3 is 1.17 bits per heavy atom. The van der Waals surface area contributed by atoms with Crippen molar-refractivity contribution < 1.29 is 157 Å². The second kappa shape index (κ2) is 38.1. The Kier molecular flexibility index (Phi) is 34.6. The van der Waals surface area contributed by atoms with E-state index in [1.54, 1.807) is 0 Å². The van der Waals surface area contributed by atoms with Crippen LogP contribution < -0.4 is 145 Å². The minimum absolute atomic E-state index is 0. The Morgan fingerprint density at radius 2 is 0.880 bits per heavy atom. The maximum Gasteiger partial charge on any atom is 1.00 e. The van der Waals surface area contributed by atoms with Gasteiger partial charge in [-0.1, -0.05) is 180 Å². The molecule has 4 heterocycles. The molecule has 0 atom stereocenters. The molecule has 0 bridgehead atoms. The third kappa shape index (κ3) is 24.8. The number of thiazole rings is 1. The summed E-state index contributed by atoms with van der Waals surface area (Å²) in [6.45, 7) is 25.0. The topological polar surface area (TPSA) is 171 Å². The van der Waals surface area contributed by atoms with E-state index in [4.69, 9.17) is 53.1 Å². The van der Waals surface area contributed by atoms with Crippen molar-refractivity contribution in [2.75, 3.05) is 0 Å². The van der Waals surface area contributed by atoms with Crippen molar-refractivity contribution in [3.63, 3.8) is 0 Å². The van der Waals surface area contributed by atoms with Gasteiger partial charge in [0.1, 0.15) is 18.4 Å². The van der Waals surface area contributed by atoms with Crippen molar-refractivity contribution in [3.8, 4) is 11.8 Å². The summed E-state index contributed by atoms with van der Waals surface area (Å²) in [5.74, 6) is 0.760. The number of ether oxygens (including phenoxy) is 1. The minimum atomic E-state index is -0.446. The van der Waals surface area contributed by atoms with Gasteiger partial charge in [-0.3, -0.25) is 4.79 Å². The van der Waals surface area contributed by atoms with Gasteiger partial charge in [-0.25, -0.2) is 4.98 Å². The van der Waals surface area contributed by atoms with Crippen molar-refractivity contribution in [3.05, 3.63) is 204 Å². The van der Waals surface area contributed by atoms with E-state index in [2.05, 4.69) is 266 Å². The quantitative estimate of drug-likeness (QED) is 0.0318. The first kappa shape index (κ1) is 83.6. The number of hydrogen-bond acceptors (Lipinski definition) is 14. The average molecular weight is 1660 g/mol. The SMILES string of the molecule is BrC(Br)(Br)Br.CC1(C)OB(c2ccc(CBr)cc2)OC1(C)C.CC1(C)OB(c2ccc(CO)cc2)OC1(C)C.CC1(C)OB(c2ccc(COc3ccc4nc(C#N)sc4c3)cc2)OC1(C)C.O=CO[O-].[H-].[K+].[K+].c1ccc(P(c2ccccc2)c2ccccc2)cc1. The molecule has 3 aliphatic rings. The van der Waals surface area contributed by atoms with E-state index in [0.717, 1.165) is 48.8 Å². The molecule has 3 saturated heterocycles. The van der Waals surface area contributed by atoms with Crippen molar-refractivity contribution in [1.29, 1.82) is 5.26 Å². The molecule has 7 aromatic carbocycles. The fraction of sp³-hybridized carbons (Fsp3) is 0.328. The van der Waals surface area contributed by atoms with E-state index in [1.807, 2.05) is 94.4 Å². The van der Waals surface area contributed by atoms with Crippen LogP contribution in [0.25, 0.3) is 10.2 Å². The van der Waals surface area contributed by atoms with Crippen LogP contribution in [-0.2, 0) is 56.2 Å². The predicted octanol–water partition coefficient (Wildman–Crippen LogP) is 7.58. The van der Waals surface area contributed by atoms with E-state index >= 15 is 0 Å². The van der Waals surface area contributed by atoms with Crippen molar-refractivity contribution in [2.24, 2.45) is 0 Å². The molecule has 8 aromatic rings. The molecular weight excluding hydrogens is 1580 g/mol. The zero-order valence-electron chi connectivity index (χ0n) is 55.4. The predicted molar refractivity (Wildman–Crippen MR) is 386 cm³/mol. The molecule has 13 nitrogen and oxygen atoms in total. The molecule has 0 unspecified atom stereocenters. The Labute approximate surface area is 678 Å². The molecule has 11 rings (SSSR count). The van der Waals surface area contributed by atoms with E-state index in [-0.39, 0.29) is 173 Å². The summed E-state index contributed by atoms with van der Waals surface area (Å²) >= 11 is 17.3. The molecule has 0 aliphatic carbocycles. The number of hydrogen-bond donors (Lipinski definition) is 1. The first-order chi connectivity index (χ1) is 42.3. The minimum Gasteiger partial charge on any atom is -1.00 e. The second-order valence-corrected chi connectivity index (χ2v) is 38.7. The van der Waals surface area contributed by atoms with Gasteiger partial charge in [0.05, 0.1) is 50.4 Å². The number of fused-ring (bicyclic) bond motifs is 1. The normalized spacial score (nSPS) is 16.5. The molecular formula is C67H75B3Br5K2N2O11PS. The van der Waals surface area contributed by atoms with Crippen LogP contribution in [0, 0.1) is 11.3 Å². The Bertz CT molecular complexity index is 3350. The molecule has 0 amide bonds. The summed E-state index contributed by atoms with van der Waals surface area (Å²) in [5, 5.41) is 31.9. The van der Waals surface area contributed by atoms with Gasteiger partial charge in [-0.05, 0) is 222 Å². The fourth-order valence-electron chi connectivity index (χ4n) is 8.64. The van der Waals surface area contributed by atoms with Gasteiger partial charge in [0.25, 0.3) is 6.47 Å². The number of carbonyl (C=O) groups excluding carboxylic acids is 1. The molecule has 25 heteroatoms. The molecule has 0 saturated carbocycles. The molecule has 3 aliphatic heterocycles. The van der Waals surface area contributed by atoms with Crippen LogP contribution in [0.5, 0.6) is 5.75 Å². The number of aliphatic hydroxyl groups excluding tert-OH is 1. The van der Waals surface area contributed by atoms with Crippen molar-refractivity contribution in [1.82, 2.24) is 4.98 Å². The van der Waals surface area contributed by atoms with Gasteiger partial charge in [0.2, 0.25) is 0 Å². The maximum absolute atomic E-state index is 9.00. The van der Waals surface area contributed by atoms with Crippen molar-refractivity contribution >= 4 is 169 Å². The number of nitrogens with zero attached hydrogens (tertiary/aromatic N) is 2. The van der Waals surface area contributed by atoms with Gasteiger partial charge >= 0.3 is 124 Å². The molecule has 1 N–H and O–H groups in total. The van der Waals surface area contributed by atoms with Crippen LogP contribution in [0.1, 0.15) is 106 Å². The fourth-order valence-corrected chi connectivity index (χ4v) is 12.1. The third-order valence-electron chi connectivity index (χ3n) is 15.8. The van der Waals surface area contributed by atoms with Gasteiger partial charge in [0.15, 0.2) is 6.06 Å². The van der Waals surface area contributed by atoms with Crippen LogP contribution in [0.15, 0.2) is 182 Å². The van der Waals surface area contributed by atoms with E-state index in [9.17, 15) is 0 Å². The van der Waals surface area contributed by atoms with Crippen molar-refractivity contribution in [2.45, 2.75) is 136 Å². The monoisotopic (exact) mass is 1650 g/mol. The molecule has 476 valence electrons. The summed E-state index contributed by atoms with van der Waals surface area (Å²) < 4.78 is 42.6. The van der Waals surface area contributed by atoms with Gasteiger partial charge in [0, 0.05) is 5.33 Å². The van der Waals surface area contributed by atoms with Crippen LogP contribution in [0.4, 0.5) is 0 Å². The Hall–Kier alpha value is -0.832. The maximum atomic E-state index is 9.00. The number of aliphatic hydroxyl groups is 1. The Balaban J connectivity index is 0.000000312. The van der Waals surface area contributed by atoms with Crippen LogP contribution >= 0.6 is 98.9 Å². The van der Waals surface area contributed by atoms with E-state index in [1.165, 1.54) is 32.8 Å². The first-order valence-electron chi connectivity index (χ1n) is 28.7. The average Bonchev–Trinajstić information content (AvgIpc) is 1.68. The van der Waals surface area contributed by atoms with Crippen LogP contribution in [-0.4, -0.2) is 72.6 Å². The third-order valence-corrected chi connectivity index (χ3v) is 19.8. The molecule has 0 spiro atoms. The number of halogens is 5. The van der Waals surface area contributed by atoms with Gasteiger partial charge in [-0.15, -0.1) is 11.3 Å². The van der Waals surface area contributed by atoms with Gasteiger partial charge in [-0.2, -0.15) is 5.26 Å². The number of nitriles is 1. The smallest absolute Gasteiger partial charge is 1.00 e. The summed E-state index contributed by atoms with van der Waals surface area (Å²) in [7, 11) is -1.39. The summed E-state index contributed by atoms with van der Waals surface area (Å²) in [6, 6.07) is 64.2.